The summed E-state index contributed by atoms with van der Waals surface area (Å²) in [7, 11) is 0. The van der Waals surface area contributed by atoms with Gasteiger partial charge in [-0.15, -0.1) is 0 Å². The number of hydrogen-bond acceptors (Lipinski definition) is 3. The van der Waals surface area contributed by atoms with Gasteiger partial charge in [0.15, 0.2) is 0 Å². The topological polar surface area (TPSA) is 46.6 Å². The van der Waals surface area contributed by atoms with Crippen LogP contribution in [-0.4, -0.2) is 17.3 Å². The Morgan fingerprint density at radius 1 is 1.23 bits per heavy atom. The molecule has 1 aliphatic heterocycles. The first-order chi connectivity index (χ1) is 10.7. The maximum atomic E-state index is 12.2. The van der Waals surface area contributed by atoms with Gasteiger partial charge >= 0.3 is 6.09 Å². The molecular weight excluding hydrogens is 302 g/mol. The Morgan fingerprint density at radius 3 is 2.73 bits per heavy atom. The largest absolute Gasteiger partial charge is 0.445 e. The molecule has 0 N–H and O–H groups in total. The Morgan fingerprint density at radius 2 is 2.00 bits per heavy atom. The van der Waals surface area contributed by atoms with Crippen molar-refractivity contribution in [1.29, 1.82) is 0 Å². The summed E-state index contributed by atoms with van der Waals surface area (Å²) in [5.41, 5.74) is 3.20. The normalized spacial score (nSPS) is 12.9. The quantitative estimate of drug-likeness (QED) is 0.809. The molecule has 0 aliphatic carbocycles. The fraction of sp³-hybridized carbons (Fsp3) is 0.176. The number of carbonyl (C=O) groups excluding carboxylic acids is 2. The van der Waals surface area contributed by atoms with Gasteiger partial charge in [-0.1, -0.05) is 41.9 Å². The van der Waals surface area contributed by atoms with Crippen LogP contribution in [0, 0.1) is 0 Å². The zero-order valence-electron chi connectivity index (χ0n) is 11.8. The smallest absolute Gasteiger partial charge is 0.410 e. The molecule has 4 nitrogen and oxygen atoms in total. The summed E-state index contributed by atoms with van der Waals surface area (Å²) in [5.74, 6) is 0. The third kappa shape index (κ3) is 2.97. The van der Waals surface area contributed by atoms with Crippen LogP contribution < -0.4 is 0 Å². The third-order valence-electron chi connectivity index (χ3n) is 3.64. The van der Waals surface area contributed by atoms with Crippen molar-refractivity contribution in [3.8, 4) is 0 Å². The Hall–Kier alpha value is -2.33. The number of carbonyl (C=O) groups is 2. The number of nitrogens with zero attached hydrogens (tertiary/aromatic N) is 1. The van der Waals surface area contributed by atoms with E-state index < -0.39 is 6.09 Å². The third-order valence-corrected chi connectivity index (χ3v) is 3.86. The molecule has 0 spiro atoms. The van der Waals surface area contributed by atoms with Gasteiger partial charge in [-0.25, -0.2) is 4.79 Å². The van der Waals surface area contributed by atoms with E-state index in [4.69, 9.17) is 16.3 Å². The summed E-state index contributed by atoms with van der Waals surface area (Å²) in [6, 6.07) is 12.9. The van der Waals surface area contributed by atoms with Crippen molar-refractivity contribution >= 4 is 24.0 Å². The van der Waals surface area contributed by atoms with E-state index in [0.29, 0.717) is 23.7 Å². The first kappa shape index (κ1) is 14.6. The summed E-state index contributed by atoms with van der Waals surface area (Å²) in [5, 5.41) is 0.500. The van der Waals surface area contributed by atoms with Gasteiger partial charge < -0.3 is 4.74 Å². The minimum atomic E-state index is -0.395. The highest BCUT2D eigenvalue weighted by molar-refractivity contribution is 6.31. The zero-order valence-corrected chi connectivity index (χ0v) is 12.5. The lowest BCUT2D eigenvalue weighted by Crippen LogP contribution is -2.26. The molecule has 3 rings (SSSR count). The molecule has 0 radical (unpaired) electrons. The maximum Gasteiger partial charge on any atom is 0.410 e. The number of ether oxygens (including phenoxy) is 1. The van der Waals surface area contributed by atoms with Crippen molar-refractivity contribution in [2.75, 3.05) is 0 Å². The Balaban J connectivity index is 1.68. The Labute approximate surface area is 133 Å². The van der Waals surface area contributed by atoms with Gasteiger partial charge in [0.2, 0.25) is 0 Å². The zero-order chi connectivity index (χ0) is 15.5. The van der Waals surface area contributed by atoms with E-state index >= 15 is 0 Å². The van der Waals surface area contributed by atoms with E-state index in [9.17, 15) is 9.59 Å². The number of rotatable bonds is 3. The van der Waals surface area contributed by atoms with E-state index in [0.717, 1.165) is 23.0 Å². The molecule has 0 saturated heterocycles. The predicted molar refractivity (Wildman–Crippen MR) is 82.7 cm³/mol. The highest BCUT2D eigenvalue weighted by Gasteiger charge is 2.27. The van der Waals surface area contributed by atoms with Crippen molar-refractivity contribution in [3.05, 3.63) is 69.7 Å². The number of fused-ring (bicyclic) bond motifs is 1. The second-order valence-electron chi connectivity index (χ2n) is 5.15. The average molecular weight is 316 g/mol. The SMILES string of the molecule is O=Cc1cc(Cl)cc2c1CN(C(=O)OCc1ccccc1)C2. The van der Waals surface area contributed by atoms with E-state index in [1.165, 1.54) is 0 Å². The summed E-state index contributed by atoms with van der Waals surface area (Å²) in [6.07, 6.45) is 0.372. The highest BCUT2D eigenvalue weighted by atomic mass is 35.5. The summed E-state index contributed by atoms with van der Waals surface area (Å²) in [6.45, 7) is 1.01. The second-order valence-corrected chi connectivity index (χ2v) is 5.58. The molecule has 0 fully saturated rings. The van der Waals surface area contributed by atoms with Gasteiger partial charge in [0.05, 0.1) is 6.54 Å². The minimum absolute atomic E-state index is 0.230. The molecule has 0 bridgehead atoms. The summed E-state index contributed by atoms with van der Waals surface area (Å²) >= 11 is 5.98. The predicted octanol–water partition coefficient (Wildman–Crippen LogP) is 3.80. The van der Waals surface area contributed by atoms with E-state index in [1.807, 2.05) is 30.3 Å². The number of benzene rings is 2. The lowest BCUT2D eigenvalue weighted by Gasteiger charge is -2.15. The number of amides is 1. The van der Waals surface area contributed by atoms with Crippen molar-refractivity contribution in [2.45, 2.75) is 19.7 Å². The standard InChI is InChI=1S/C17H14ClNO3/c18-15-6-13-8-19(9-16(13)14(7-15)10-20)17(21)22-11-12-4-2-1-3-5-12/h1-7,10H,8-9,11H2. The number of aldehydes is 1. The first-order valence-corrected chi connectivity index (χ1v) is 7.27. The van der Waals surface area contributed by atoms with Crippen LogP contribution in [0.1, 0.15) is 27.0 Å². The molecular formula is C17H14ClNO3. The van der Waals surface area contributed by atoms with Gasteiger partial charge in [-0.3, -0.25) is 9.69 Å². The molecule has 2 aromatic rings. The summed E-state index contributed by atoms with van der Waals surface area (Å²) < 4.78 is 5.31. The highest BCUT2D eigenvalue weighted by Crippen LogP contribution is 2.29. The van der Waals surface area contributed by atoms with Crippen LogP contribution in [0.15, 0.2) is 42.5 Å². The molecule has 1 amide bonds. The van der Waals surface area contributed by atoms with Crippen LogP contribution in [0.2, 0.25) is 5.02 Å². The number of hydrogen-bond donors (Lipinski definition) is 0. The van der Waals surface area contributed by atoms with Crippen molar-refractivity contribution in [2.24, 2.45) is 0 Å². The van der Waals surface area contributed by atoms with Crippen LogP contribution in [0.4, 0.5) is 4.79 Å². The molecule has 1 aliphatic rings. The molecule has 0 unspecified atom stereocenters. The fourth-order valence-corrected chi connectivity index (χ4v) is 2.80. The second kappa shape index (κ2) is 6.20. The van der Waals surface area contributed by atoms with E-state index in [-0.39, 0.29) is 6.61 Å². The first-order valence-electron chi connectivity index (χ1n) is 6.89. The lowest BCUT2D eigenvalue weighted by molar-refractivity contribution is 0.0952. The monoisotopic (exact) mass is 315 g/mol. The molecule has 0 atom stereocenters. The van der Waals surface area contributed by atoms with Crippen molar-refractivity contribution in [1.82, 2.24) is 4.90 Å². The maximum absolute atomic E-state index is 12.2. The molecule has 22 heavy (non-hydrogen) atoms. The van der Waals surface area contributed by atoms with Crippen LogP contribution in [0.25, 0.3) is 0 Å². The van der Waals surface area contributed by atoms with Crippen molar-refractivity contribution < 1.29 is 14.3 Å². The fourth-order valence-electron chi connectivity index (χ4n) is 2.55. The molecule has 5 heteroatoms. The molecule has 112 valence electrons. The minimum Gasteiger partial charge on any atom is -0.445 e. The number of halogens is 1. The van der Waals surface area contributed by atoms with E-state index in [1.54, 1.807) is 17.0 Å². The molecule has 0 aromatic heterocycles. The molecule has 2 aromatic carbocycles. The van der Waals surface area contributed by atoms with Gasteiger partial charge in [-0.05, 0) is 28.8 Å². The lowest BCUT2D eigenvalue weighted by atomic mass is 10.0. The van der Waals surface area contributed by atoms with Gasteiger partial charge in [0, 0.05) is 17.1 Å². The van der Waals surface area contributed by atoms with E-state index in [2.05, 4.69) is 0 Å². The van der Waals surface area contributed by atoms with Crippen LogP contribution in [-0.2, 0) is 24.4 Å². The Bertz CT molecular complexity index is 715. The van der Waals surface area contributed by atoms with Gasteiger partial charge in [-0.2, -0.15) is 0 Å². The van der Waals surface area contributed by atoms with Crippen LogP contribution in [0.5, 0.6) is 0 Å². The summed E-state index contributed by atoms with van der Waals surface area (Å²) in [4.78, 5) is 24.8. The van der Waals surface area contributed by atoms with Crippen LogP contribution in [0.3, 0.4) is 0 Å². The average Bonchev–Trinajstić information content (AvgIpc) is 2.96. The molecule has 1 heterocycles. The van der Waals surface area contributed by atoms with Crippen molar-refractivity contribution in [3.63, 3.8) is 0 Å². The van der Waals surface area contributed by atoms with Gasteiger partial charge in [0.25, 0.3) is 0 Å². The Kier molecular flexibility index (Phi) is 4.11. The molecule has 0 saturated carbocycles. The van der Waals surface area contributed by atoms with Crippen LogP contribution >= 0.6 is 11.6 Å². The van der Waals surface area contributed by atoms with Gasteiger partial charge in [0.1, 0.15) is 12.9 Å².